The molecule has 0 aromatic heterocycles. The maximum absolute atomic E-state index is 14.4. The first-order chi connectivity index (χ1) is 18.8. The zero-order valence-corrected chi connectivity index (χ0v) is 23.2. The molecular weight excluding hydrogens is 506 g/mol. The second-order valence-electron chi connectivity index (χ2n) is 10.1. The van der Waals surface area contributed by atoms with Gasteiger partial charge in [-0.1, -0.05) is 11.6 Å². The molecule has 0 bridgehead atoms. The fraction of sp³-hybridized carbons (Fsp3) is 0.500. The zero-order valence-electron chi connectivity index (χ0n) is 23.2. The smallest absolute Gasteiger partial charge is 0.254 e. The minimum Gasteiger partial charge on any atom is -0.493 e. The lowest BCUT2D eigenvalue weighted by molar-refractivity contribution is 0.0233. The van der Waals surface area contributed by atoms with Crippen LogP contribution in [0.2, 0.25) is 0 Å². The van der Waals surface area contributed by atoms with Gasteiger partial charge in [0.1, 0.15) is 11.6 Å². The number of carbonyl (C=O) groups excluding carboxylic acids is 1. The number of halogens is 2. The van der Waals surface area contributed by atoms with Gasteiger partial charge in [0.15, 0.2) is 11.5 Å². The van der Waals surface area contributed by atoms with Crippen molar-refractivity contribution in [1.29, 1.82) is 0 Å². The van der Waals surface area contributed by atoms with Crippen molar-refractivity contribution in [3.8, 4) is 17.2 Å². The maximum atomic E-state index is 14.4. The molecule has 1 amide bonds. The van der Waals surface area contributed by atoms with Crippen LogP contribution in [0.5, 0.6) is 17.2 Å². The largest absolute Gasteiger partial charge is 0.493 e. The van der Waals surface area contributed by atoms with Crippen molar-refractivity contribution in [1.82, 2.24) is 9.80 Å². The van der Waals surface area contributed by atoms with Crippen LogP contribution in [0.25, 0.3) is 6.08 Å². The molecule has 2 aromatic carbocycles. The van der Waals surface area contributed by atoms with E-state index in [1.54, 1.807) is 23.1 Å². The number of amides is 1. The van der Waals surface area contributed by atoms with Gasteiger partial charge in [-0.3, -0.25) is 9.69 Å². The van der Waals surface area contributed by atoms with E-state index in [0.29, 0.717) is 35.4 Å². The Morgan fingerprint density at radius 1 is 1.05 bits per heavy atom. The predicted octanol–water partition coefficient (Wildman–Crippen LogP) is 5.18. The zero-order chi connectivity index (χ0) is 27.9. The third-order valence-electron chi connectivity index (χ3n) is 7.52. The van der Waals surface area contributed by atoms with Crippen LogP contribution >= 0.6 is 0 Å². The Kier molecular flexibility index (Phi) is 9.80. The molecule has 0 aliphatic carbocycles. The average molecular weight is 545 g/mol. The fourth-order valence-corrected chi connectivity index (χ4v) is 5.64. The molecule has 1 unspecified atom stereocenters. The van der Waals surface area contributed by atoms with Crippen molar-refractivity contribution < 1.29 is 32.5 Å². The summed E-state index contributed by atoms with van der Waals surface area (Å²) in [7, 11) is 4.54. The minimum atomic E-state index is -0.640. The van der Waals surface area contributed by atoms with E-state index in [9.17, 15) is 13.6 Å². The molecule has 0 N–H and O–H groups in total. The van der Waals surface area contributed by atoms with Crippen LogP contribution in [0.3, 0.4) is 0 Å². The summed E-state index contributed by atoms with van der Waals surface area (Å²) < 4.78 is 49.8. The van der Waals surface area contributed by atoms with Gasteiger partial charge < -0.3 is 23.8 Å². The van der Waals surface area contributed by atoms with Gasteiger partial charge in [-0.25, -0.2) is 8.78 Å². The van der Waals surface area contributed by atoms with Gasteiger partial charge in [-0.05, 0) is 63.4 Å². The van der Waals surface area contributed by atoms with E-state index in [1.165, 1.54) is 33.5 Å². The van der Waals surface area contributed by atoms with Crippen molar-refractivity contribution in [2.24, 2.45) is 0 Å². The number of rotatable bonds is 10. The normalized spacial score (nSPS) is 18.7. The molecule has 2 fully saturated rings. The van der Waals surface area contributed by atoms with Crippen molar-refractivity contribution >= 4 is 12.0 Å². The number of benzene rings is 2. The van der Waals surface area contributed by atoms with Gasteiger partial charge >= 0.3 is 0 Å². The molecule has 0 radical (unpaired) electrons. The summed E-state index contributed by atoms with van der Waals surface area (Å²) in [5.41, 5.74) is 1.46. The first-order valence-corrected chi connectivity index (χ1v) is 13.4. The summed E-state index contributed by atoms with van der Waals surface area (Å²) in [5.74, 6) is -0.266. The van der Waals surface area contributed by atoms with Crippen molar-refractivity contribution in [3.05, 3.63) is 58.7 Å². The van der Waals surface area contributed by atoms with E-state index >= 15 is 0 Å². The molecule has 2 aliphatic heterocycles. The minimum absolute atomic E-state index is 0.194. The van der Waals surface area contributed by atoms with Gasteiger partial charge in [0.2, 0.25) is 5.75 Å². The number of carbonyl (C=O) groups is 1. The third-order valence-corrected chi connectivity index (χ3v) is 7.52. The van der Waals surface area contributed by atoms with Crippen LogP contribution in [-0.2, 0) is 4.74 Å². The van der Waals surface area contributed by atoms with Gasteiger partial charge in [0, 0.05) is 55.6 Å². The SMILES string of the molecule is COc1cc(C(=O)N(C/C(C)=C/c2ccc(F)cc2F)CC2CCCN2C2CCOCC2)cc(OC)c1OC. The van der Waals surface area contributed by atoms with Gasteiger partial charge in [0.05, 0.1) is 21.3 Å². The highest BCUT2D eigenvalue weighted by atomic mass is 19.1. The molecular formula is C30H38F2N2O5. The van der Waals surface area contributed by atoms with Crippen LogP contribution < -0.4 is 14.2 Å². The molecule has 1 atom stereocenters. The molecule has 2 aliphatic rings. The Labute approximate surface area is 229 Å². The highest BCUT2D eigenvalue weighted by Crippen LogP contribution is 2.38. The van der Waals surface area contributed by atoms with Gasteiger partial charge in [-0.2, -0.15) is 0 Å². The first-order valence-electron chi connectivity index (χ1n) is 13.4. The van der Waals surface area contributed by atoms with Crippen molar-refractivity contribution in [2.75, 3.05) is 54.2 Å². The Morgan fingerprint density at radius 3 is 2.36 bits per heavy atom. The van der Waals surface area contributed by atoms with Crippen molar-refractivity contribution in [3.63, 3.8) is 0 Å². The molecule has 212 valence electrons. The van der Waals surface area contributed by atoms with Crippen LogP contribution in [0.4, 0.5) is 8.78 Å². The lowest BCUT2D eigenvalue weighted by Gasteiger charge is -2.38. The van der Waals surface area contributed by atoms with Gasteiger partial charge in [-0.15, -0.1) is 0 Å². The van der Waals surface area contributed by atoms with Gasteiger partial charge in [0.25, 0.3) is 5.91 Å². The molecule has 2 heterocycles. The molecule has 39 heavy (non-hydrogen) atoms. The summed E-state index contributed by atoms with van der Waals surface area (Å²) in [6.45, 7) is 5.16. The molecule has 9 heteroatoms. The monoisotopic (exact) mass is 544 g/mol. The Hall–Kier alpha value is -3.17. The Balaban J connectivity index is 1.64. The van der Waals surface area contributed by atoms with E-state index < -0.39 is 11.6 Å². The van der Waals surface area contributed by atoms with Crippen LogP contribution in [-0.4, -0.2) is 82.0 Å². The fourth-order valence-electron chi connectivity index (χ4n) is 5.64. The van der Waals surface area contributed by atoms with E-state index in [1.807, 2.05) is 6.92 Å². The highest BCUT2D eigenvalue weighted by Gasteiger charge is 2.34. The lowest BCUT2D eigenvalue weighted by Crippen LogP contribution is -2.48. The van der Waals surface area contributed by atoms with Crippen LogP contribution in [0, 0.1) is 11.6 Å². The maximum Gasteiger partial charge on any atom is 0.254 e. The van der Waals surface area contributed by atoms with Crippen LogP contribution in [0.15, 0.2) is 35.9 Å². The first kappa shape index (κ1) is 28.8. The lowest BCUT2D eigenvalue weighted by atomic mass is 10.0. The molecule has 2 aromatic rings. The molecule has 2 saturated heterocycles. The average Bonchev–Trinajstić information content (AvgIpc) is 3.41. The summed E-state index contributed by atoms with van der Waals surface area (Å²) >= 11 is 0. The molecule has 0 saturated carbocycles. The van der Waals surface area contributed by atoms with E-state index in [2.05, 4.69) is 4.90 Å². The number of hydrogen-bond donors (Lipinski definition) is 0. The van der Waals surface area contributed by atoms with Crippen molar-refractivity contribution in [2.45, 2.75) is 44.7 Å². The number of ether oxygens (including phenoxy) is 4. The standard InChI is InChI=1S/C30H38F2N2O5/c1-20(14-21-7-8-23(31)17-26(21)32)18-33(19-25-6-5-11-34(25)24-9-12-39-13-10-24)30(35)22-15-27(36-2)29(38-4)28(16-22)37-3/h7-8,14-17,24-25H,5-6,9-13,18-19H2,1-4H3/b20-14+. The van der Waals surface area contributed by atoms with E-state index in [0.717, 1.165) is 57.1 Å². The number of nitrogens with zero attached hydrogens (tertiary/aromatic N) is 2. The third kappa shape index (κ3) is 6.89. The summed E-state index contributed by atoms with van der Waals surface area (Å²) in [6, 6.07) is 7.45. The second-order valence-corrected chi connectivity index (χ2v) is 10.1. The molecule has 4 rings (SSSR count). The highest BCUT2D eigenvalue weighted by molar-refractivity contribution is 5.96. The molecule has 0 spiro atoms. The molecule has 7 nitrogen and oxygen atoms in total. The Morgan fingerprint density at radius 2 is 1.74 bits per heavy atom. The predicted molar refractivity (Wildman–Crippen MR) is 146 cm³/mol. The van der Waals surface area contributed by atoms with Crippen LogP contribution in [0.1, 0.15) is 48.5 Å². The number of methoxy groups -OCH3 is 3. The number of hydrogen-bond acceptors (Lipinski definition) is 6. The summed E-state index contributed by atoms with van der Waals surface area (Å²) in [5, 5.41) is 0. The Bertz CT molecular complexity index is 1160. The summed E-state index contributed by atoms with van der Waals surface area (Å²) in [6.07, 6.45) is 5.70. The summed E-state index contributed by atoms with van der Waals surface area (Å²) in [4.78, 5) is 18.4. The second kappa shape index (κ2) is 13.3. The van der Waals surface area contributed by atoms with E-state index in [4.69, 9.17) is 18.9 Å². The number of likely N-dealkylation sites (tertiary alicyclic amines) is 1. The van der Waals surface area contributed by atoms with E-state index in [-0.39, 0.29) is 24.1 Å². The topological polar surface area (TPSA) is 60.5 Å². The quantitative estimate of drug-likeness (QED) is 0.411.